The maximum atomic E-state index is 13.4. The van der Waals surface area contributed by atoms with Gasteiger partial charge in [-0.05, 0) is 48.7 Å². The normalized spacial score (nSPS) is 11.6. The Hall–Kier alpha value is -3.67. The van der Waals surface area contributed by atoms with Gasteiger partial charge >= 0.3 is 0 Å². The number of rotatable bonds is 11. The lowest BCUT2D eigenvalue weighted by Crippen LogP contribution is -2.44. The molecule has 6 heteroatoms. The first kappa shape index (κ1) is 25.0. The lowest BCUT2D eigenvalue weighted by Gasteiger charge is -2.29. The standard InChI is InChI=1S/C28H31FN2O3/c1-4-17-30(28(33)26(5-2)23-9-7-6-8-10-23)20-27(32)31(19-25-16-11-21(3)34-25)18-22-12-14-24(29)15-13-22/h4,6-16,26H,1,5,17-20H2,2-3H3. The highest BCUT2D eigenvalue weighted by Gasteiger charge is 2.27. The topological polar surface area (TPSA) is 53.8 Å². The Bertz CT molecular complexity index is 1090. The second kappa shape index (κ2) is 12.0. The van der Waals surface area contributed by atoms with Crippen molar-refractivity contribution in [2.75, 3.05) is 13.1 Å². The first-order valence-electron chi connectivity index (χ1n) is 11.4. The van der Waals surface area contributed by atoms with Gasteiger partial charge in [0.15, 0.2) is 0 Å². The molecule has 0 aliphatic heterocycles. The summed E-state index contributed by atoms with van der Waals surface area (Å²) < 4.78 is 19.1. The summed E-state index contributed by atoms with van der Waals surface area (Å²) in [6, 6.07) is 19.3. The molecule has 0 bridgehead atoms. The smallest absolute Gasteiger partial charge is 0.242 e. The van der Waals surface area contributed by atoms with Gasteiger partial charge in [0.1, 0.15) is 23.9 Å². The Morgan fingerprint density at radius 3 is 2.29 bits per heavy atom. The largest absolute Gasteiger partial charge is 0.464 e. The zero-order valence-electron chi connectivity index (χ0n) is 19.7. The molecule has 178 valence electrons. The molecule has 0 fully saturated rings. The molecule has 0 saturated heterocycles. The number of halogens is 1. The minimum Gasteiger partial charge on any atom is -0.464 e. The zero-order chi connectivity index (χ0) is 24.5. The van der Waals surface area contributed by atoms with E-state index in [0.717, 1.165) is 16.9 Å². The third kappa shape index (κ3) is 6.67. The average Bonchev–Trinajstić information content (AvgIpc) is 3.25. The van der Waals surface area contributed by atoms with Crippen LogP contribution in [-0.4, -0.2) is 34.7 Å². The number of furan rings is 1. The number of amides is 2. The van der Waals surface area contributed by atoms with E-state index in [9.17, 15) is 14.0 Å². The van der Waals surface area contributed by atoms with E-state index in [1.165, 1.54) is 12.1 Å². The summed E-state index contributed by atoms with van der Waals surface area (Å²) in [6.07, 6.45) is 2.25. The Morgan fingerprint density at radius 1 is 1.00 bits per heavy atom. The molecule has 0 N–H and O–H groups in total. The molecular formula is C28H31FN2O3. The maximum absolute atomic E-state index is 13.4. The number of nitrogens with zero attached hydrogens (tertiary/aromatic N) is 2. The van der Waals surface area contributed by atoms with Crippen LogP contribution in [0, 0.1) is 12.7 Å². The van der Waals surface area contributed by atoms with Crippen LogP contribution in [0.15, 0.2) is 83.8 Å². The van der Waals surface area contributed by atoms with Crippen molar-refractivity contribution in [1.29, 1.82) is 0 Å². The minimum atomic E-state index is -0.341. The molecular weight excluding hydrogens is 431 g/mol. The van der Waals surface area contributed by atoms with E-state index in [1.54, 1.807) is 28.0 Å². The van der Waals surface area contributed by atoms with Crippen molar-refractivity contribution in [3.05, 3.63) is 108 Å². The maximum Gasteiger partial charge on any atom is 0.242 e. The number of benzene rings is 2. The second-order valence-electron chi connectivity index (χ2n) is 8.27. The van der Waals surface area contributed by atoms with Gasteiger partial charge in [0, 0.05) is 13.1 Å². The molecule has 2 amide bonds. The highest BCUT2D eigenvalue weighted by Crippen LogP contribution is 2.22. The van der Waals surface area contributed by atoms with Crippen LogP contribution in [0.1, 0.15) is 41.9 Å². The van der Waals surface area contributed by atoms with E-state index in [1.807, 2.05) is 56.3 Å². The molecule has 3 rings (SSSR count). The van der Waals surface area contributed by atoms with Crippen LogP contribution < -0.4 is 0 Å². The van der Waals surface area contributed by atoms with Gasteiger partial charge in [-0.1, -0.05) is 55.5 Å². The Kier molecular flexibility index (Phi) is 8.79. The van der Waals surface area contributed by atoms with Crippen LogP contribution in [-0.2, 0) is 22.7 Å². The Balaban J connectivity index is 1.81. The van der Waals surface area contributed by atoms with E-state index in [0.29, 0.717) is 12.2 Å². The fraction of sp³-hybridized carbons (Fsp3) is 0.286. The van der Waals surface area contributed by atoms with Gasteiger partial charge in [0.25, 0.3) is 0 Å². The van der Waals surface area contributed by atoms with Crippen LogP contribution in [0.5, 0.6) is 0 Å². The summed E-state index contributed by atoms with van der Waals surface area (Å²) in [4.78, 5) is 30.0. The van der Waals surface area contributed by atoms with Crippen molar-refractivity contribution in [2.45, 2.75) is 39.3 Å². The van der Waals surface area contributed by atoms with Gasteiger partial charge in [-0.25, -0.2) is 4.39 Å². The van der Waals surface area contributed by atoms with Crippen molar-refractivity contribution < 1.29 is 18.4 Å². The Morgan fingerprint density at radius 2 is 1.71 bits per heavy atom. The Labute approximate surface area is 200 Å². The van der Waals surface area contributed by atoms with E-state index in [-0.39, 0.29) is 49.7 Å². The predicted octanol–water partition coefficient (Wildman–Crippen LogP) is 5.46. The fourth-order valence-corrected chi connectivity index (χ4v) is 3.91. The predicted molar refractivity (Wildman–Crippen MR) is 130 cm³/mol. The molecule has 0 aliphatic carbocycles. The molecule has 1 aromatic heterocycles. The molecule has 1 unspecified atom stereocenters. The molecule has 0 aliphatic rings. The SMILES string of the molecule is C=CCN(CC(=O)N(Cc1ccc(F)cc1)Cc1ccc(C)o1)C(=O)C(CC)c1ccccc1. The average molecular weight is 463 g/mol. The van der Waals surface area contributed by atoms with Gasteiger partial charge in [0.05, 0.1) is 12.5 Å². The van der Waals surface area contributed by atoms with Crippen molar-refractivity contribution in [2.24, 2.45) is 0 Å². The number of carbonyl (C=O) groups is 2. The summed E-state index contributed by atoms with van der Waals surface area (Å²) in [5.41, 5.74) is 1.71. The van der Waals surface area contributed by atoms with Crippen LogP contribution in [0.25, 0.3) is 0 Å². The van der Waals surface area contributed by atoms with E-state index >= 15 is 0 Å². The summed E-state index contributed by atoms with van der Waals surface area (Å²) in [7, 11) is 0. The van der Waals surface area contributed by atoms with Gasteiger partial charge < -0.3 is 14.2 Å². The van der Waals surface area contributed by atoms with Crippen LogP contribution in [0.2, 0.25) is 0 Å². The van der Waals surface area contributed by atoms with Crippen molar-refractivity contribution in [1.82, 2.24) is 9.80 Å². The van der Waals surface area contributed by atoms with Gasteiger partial charge in [-0.2, -0.15) is 0 Å². The van der Waals surface area contributed by atoms with Crippen LogP contribution in [0.4, 0.5) is 4.39 Å². The van der Waals surface area contributed by atoms with Crippen molar-refractivity contribution in [3.8, 4) is 0 Å². The number of hydrogen-bond donors (Lipinski definition) is 0. The molecule has 2 aromatic carbocycles. The first-order valence-corrected chi connectivity index (χ1v) is 11.4. The monoisotopic (exact) mass is 462 g/mol. The molecule has 5 nitrogen and oxygen atoms in total. The number of aryl methyl sites for hydroxylation is 1. The summed E-state index contributed by atoms with van der Waals surface area (Å²) in [5, 5.41) is 0. The highest BCUT2D eigenvalue weighted by molar-refractivity contribution is 5.88. The molecule has 3 aromatic rings. The van der Waals surface area contributed by atoms with Gasteiger partial charge in [0.2, 0.25) is 11.8 Å². The summed E-state index contributed by atoms with van der Waals surface area (Å²) >= 11 is 0. The van der Waals surface area contributed by atoms with Crippen LogP contribution >= 0.6 is 0 Å². The van der Waals surface area contributed by atoms with Gasteiger partial charge in [-0.15, -0.1) is 6.58 Å². The van der Waals surface area contributed by atoms with Crippen molar-refractivity contribution in [3.63, 3.8) is 0 Å². The third-order valence-corrected chi connectivity index (χ3v) is 5.68. The molecule has 1 atom stereocenters. The summed E-state index contributed by atoms with van der Waals surface area (Å²) in [6.45, 7) is 8.26. The van der Waals surface area contributed by atoms with Crippen molar-refractivity contribution >= 4 is 11.8 Å². The van der Waals surface area contributed by atoms with Crippen LogP contribution in [0.3, 0.4) is 0 Å². The third-order valence-electron chi connectivity index (χ3n) is 5.68. The summed E-state index contributed by atoms with van der Waals surface area (Å²) in [5.74, 6) is 0.380. The quantitative estimate of drug-likeness (QED) is 0.355. The van der Waals surface area contributed by atoms with E-state index in [2.05, 4.69) is 6.58 Å². The molecule has 34 heavy (non-hydrogen) atoms. The zero-order valence-corrected chi connectivity index (χ0v) is 19.7. The fourth-order valence-electron chi connectivity index (χ4n) is 3.91. The molecule has 0 saturated carbocycles. The lowest BCUT2D eigenvalue weighted by molar-refractivity contribution is -0.141. The number of hydrogen-bond acceptors (Lipinski definition) is 3. The second-order valence-corrected chi connectivity index (χ2v) is 8.27. The number of carbonyl (C=O) groups excluding carboxylic acids is 2. The molecule has 0 spiro atoms. The minimum absolute atomic E-state index is 0.0882. The first-order chi connectivity index (χ1) is 16.4. The van der Waals surface area contributed by atoms with Gasteiger partial charge in [-0.3, -0.25) is 9.59 Å². The highest BCUT2D eigenvalue weighted by atomic mass is 19.1. The van der Waals surface area contributed by atoms with E-state index < -0.39 is 0 Å². The lowest BCUT2D eigenvalue weighted by atomic mass is 9.95. The molecule has 1 heterocycles. The van der Waals surface area contributed by atoms with E-state index in [4.69, 9.17) is 4.42 Å². The molecule has 0 radical (unpaired) electrons.